The number of amides is 2. The molecular formula is C34H42N6O. The Bertz CT molecular complexity index is 1480. The van der Waals surface area contributed by atoms with Gasteiger partial charge in [0, 0.05) is 86.9 Å². The molecule has 2 aliphatic rings. The van der Waals surface area contributed by atoms with Crippen LogP contribution in [0.3, 0.4) is 0 Å². The average molecular weight is 551 g/mol. The lowest BCUT2D eigenvalue weighted by molar-refractivity contribution is 0.208. The van der Waals surface area contributed by atoms with E-state index in [1.165, 1.54) is 33.6 Å². The van der Waals surface area contributed by atoms with E-state index in [2.05, 4.69) is 89.5 Å². The van der Waals surface area contributed by atoms with Crippen LogP contribution in [0.4, 0.5) is 21.9 Å². The number of anilines is 3. The molecule has 4 aromatic rings. The predicted molar refractivity (Wildman–Crippen MR) is 171 cm³/mol. The van der Waals surface area contributed by atoms with Gasteiger partial charge in [0.05, 0.1) is 5.69 Å². The van der Waals surface area contributed by atoms with Gasteiger partial charge in [0.15, 0.2) is 0 Å². The van der Waals surface area contributed by atoms with Crippen LogP contribution >= 0.6 is 0 Å². The van der Waals surface area contributed by atoms with E-state index >= 15 is 0 Å². The number of pyridine rings is 1. The van der Waals surface area contributed by atoms with E-state index in [-0.39, 0.29) is 6.03 Å². The van der Waals surface area contributed by atoms with Gasteiger partial charge in [-0.25, -0.2) is 4.79 Å². The second-order valence-corrected chi connectivity index (χ2v) is 11.1. The van der Waals surface area contributed by atoms with Crippen LogP contribution in [0.1, 0.15) is 22.3 Å². The van der Waals surface area contributed by atoms with Gasteiger partial charge in [-0.15, -0.1) is 0 Å². The third-order valence-corrected chi connectivity index (χ3v) is 8.32. The number of aromatic nitrogens is 1. The van der Waals surface area contributed by atoms with Crippen LogP contribution in [0.25, 0.3) is 10.8 Å². The number of rotatable bonds is 3. The highest BCUT2D eigenvalue weighted by Gasteiger charge is 2.22. The maximum absolute atomic E-state index is 12.7. The summed E-state index contributed by atoms with van der Waals surface area (Å²) in [5.74, 6) is 0. The number of fused-ring (bicyclic) bond motifs is 1. The van der Waals surface area contributed by atoms with E-state index in [1.54, 1.807) is 6.20 Å². The minimum absolute atomic E-state index is 0.0425. The van der Waals surface area contributed by atoms with Gasteiger partial charge in [-0.1, -0.05) is 24.3 Å². The van der Waals surface area contributed by atoms with Crippen LogP contribution in [0.15, 0.2) is 73.1 Å². The Hall–Kier alpha value is -4.10. The Morgan fingerprint density at radius 1 is 0.732 bits per heavy atom. The van der Waals surface area contributed by atoms with Crippen LogP contribution in [0.5, 0.6) is 0 Å². The second kappa shape index (κ2) is 13.0. The molecule has 3 heterocycles. The molecule has 6 rings (SSSR count). The van der Waals surface area contributed by atoms with E-state index in [9.17, 15) is 4.79 Å². The smallest absolute Gasteiger partial charge is 0.321 e. The van der Waals surface area contributed by atoms with E-state index in [0.717, 1.165) is 55.7 Å². The first-order chi connectivity index (χ1) is 19.9. The van der Waals surface area contributed by atoms with Crippen molar-refractivity contribution in [2.24, 2.45) is 0 Å². The summed E-state index contributed by atoms with van der Waals surface area (Å²) in [6.07, 6.45) is 3.56. The van der Waals surface area contributed by atoms with Crippen molar-refractivity contribution in [1.82, 2.24) is 15.2 Å². The van der Waals surface area contributed by atoms with Gasteiger partial charge in [-0.2, -0.15) is 0 Å². The molecule has 2 saturated heterocycles. The molecule has 2 N–H and O–H groups in total. The van der Waals surface area contributed by atoms with Gasteiger partial charge in [0.2, 0.25) is 0 Å². The quantitative estimate of drug-likeness (QED) is 0.332. The number of hydrogen-bond donors (Lipinski definition) is 2. The molecule has 0 atom stereocenters. The molecule has 0 unspecified atom stereocenters. The van der Waals surface area contributed by atoms with E-state index in [0.29, 0.717) is 13.1 Å². The van der Waals surface area contributed by atoms with Crippen LogP contribution in [0.2, 0.25) is 0 Å². The number of carbonyl (C=O) groups excluding carboxylic acids is 1. The fourth-order valence-corrected chi connectivity index (χ4v) is 5.36. The summed E-state index contributed by atoms with van der Waals surface area (Å²) in [6.45, 7) is 16.2. The molecule has 0 aliphatic carbocycles. The fourth-order valence-electron chi connectivity index (χ4n) is 5.36. The Morgan fingerprint density at radius 2 is 1.34 bits per heavy atom. The molecule has 7 nitrogen and oxygen atoms in total. The predicted octanol–water partition coefficient (Wildman–Crippen LogP) is 5.92. The van der Waals surface area contributed by atoms with Gasteiger partial charge in [0.25, 0.3) is 0 Å². The highest BCUT2D eigenvalue weighted by atomic mass is 16.2. The third-order valence-electron chi connectivity index (χ3n) is 8.32. The van der Waals surface area contributed by atoms with Crippen LogP contribution in [0, 0.1) is 27.7 Å². The summed E-state index contributed by atoms with van der Waals surface area (Å²) in [6, 6.07) is 21.1. The van der Waals surface area contributed by atoms with Crippen molar-refractivity contribution in [2.45, 2.75) is 27.7 Å². The van der Waals surface area contributed by atoms with Crippen LogP contribution in [-0.2, 0) is 0 Å². The lowest BCUT2D eigenvalue weighted by Gasteiger charge is -2.36. The number of nitrogens with zero attached hydrogens (tertiary/aromatic N) is 4. The number of piperazine rings is 2. The largest absolute Gasteiger partial charge is 0.369 e. The first-order valence-corrected chi connectivity index (χ1v) is 14.6. The van der Waals surface area contributed by atoms with Crippen LogP contribution in [-0.4, -0.2) is 68.3 Å². The monoisotopic (exact) mass is 550 g/mol. The zero-order valence-electron chi connectivity index (χ0n) is 24.8. The van der Waals surface area contributed by atoms with Crippen molar-refractivity contribution < 1.29 is 4.79 Å². The summed E-state index contributed by atoms with van der Waals surface area (Å²) in [7, 11) is 0. The Labute approximate surface area is 244 Å². The van der Waals surface area contributed by atoms with Crippen LogP contribution < -0.4 is 20.4 Å². The average Bonchev–Trinajstić information content (AvgIpc) is 3.01. The molecule has 0 radical (unpaired) electrons. The molecular weight excluding hydrogens is 508 g/mol. The Balaban J connectivity index is 0.000000202. The number of benzene rings is 3. The van der Waals surface area contributed by atoms with Crippen molar-refractivity contribution in [3.05, 3.63) is 95.3 Å². The van der Waals surface area contributed by atoms with Crippen molar-refractivity contribution >= 4 is 33.9 Å². The Morgan fingerprint density at radius 3 is 1.95 bits per heavy atom. The van der Waals surface area contributed by atoms with Gasteiger partial charge >= 0.3 is 6.03 Å². The van der Waals surface area contributed by atoms with Gasteiger partial charge in [-0.3, -0.25) is 4.98 Å². The van der Waals surface area contributed by atoms with Crippen molar-refractivity contribution in [1.29, 1.82) is 0 Å². The number of nitrogens with one attached hydrogen (secondary N) is 2. The molecule has 2 amide bonds. The number of carbonyl (C=O) groups is 1. The molecule has 0 saturated carbocycles. The van der Waals surface area contributed by atoms with Crippen molar-refractivity contribution in [3.8, 4) is 0 Å². The lowest BCUT2D eigenvalue weighted by atomic mass is 10.1. The molecule has 0 bridgehead atoms. The van der Waals surface area contributed by atoms with E-state index < -0.39 is 0 Å². The first-order valence-electron chi connectivity index (χ1n) is 14.6. The topological polar surface area (TPSA) is 63.7 Å². The maximum atomic E-state index is 12.7. The molecule has 214 valence electrons. The Kier molecular flexibility index (Phi) is 9.04. The lowest BCUT2D eigenvalue weighted by Crippen LogP contribution is -2.50. The number of urea groups is 1. The third kappa shape index (κ3) is 6.98. The van der Waals surface area contributed by atoms with Crippen molar-refractivity contribution in [2.75, 3.05) is 67.5 Å². The molecule has 0 spiro atoms. The van der Waals surface area contributed by atoms with Gasteiger partial charge in [0.1, 0.15) is 0 Å². The molecule has 3 aromatic carbocycles. The molecule has 2 fully saturated rings. The minimum Gasteiger partial charge on any atom is -0.369 e. The normalized spacial score (nSPS) is 15.4. The van der Waals surface area contributed by atoms with Gasteiger partial charge in [-0.05, 0) is 86.3 Å². The zero-order valence-corrected chi connectivity index (χ0v) is 24.8. The highest BCUT2D eigenvalue weighted by Crippen LogP contribution is 2.24. The zero-order chi connectivity index (χ0) is 28.8. The molecule has 1 aromatic heterocycles. The molecule has 41 heavy (non-hydrogen) atoms. The van der Waals surface area contributed by atoms with Crippen molar-refractivity contribution in [3.63, 3.8) is 0 Å². The highest BCUT2D eigenvalue weighted by molar-refractivity contribution is 6.01. The SMILES string of the molecule is Cc1ccc(N2CCN(C(=O)Nc3cccc4cnccc34)CC2)cc1C.Cc1ccc(N2CCNCC2)cc1C. The second-order valence-electron chi connectivity index (χ2n) is 11.1. The first kappa shape index (κ1) is 28.4. The standard InChI is InChI=1S/C22H24N4O.C12H18N2/c1-16-6-7-19(14-17(16)2)25-10-12-26(13-11-25)22(27)24-21-5-3-4-18-15-23-9-8-20(18)21;1-10-3-4-12(9-11(10)2)14-7-5-13-6-8-14/h3-9,14-15H,10-13H2,1-2H3,(H,24,27);3-4,9,13H,5-8H2,1-2H3. The van der Waals surface area contributed by atoms with Gasteiger partial charge < -0.3 is 25.3 Å². The number of aryl methyl sites for hydroxylation is 4. The summed E-state index contributed by atoms with van der Waals surface area (Å²) in [5, 5.41) is 8.47. The van der Waals surface area contributed by atoms with E-state index in [1.807, 2.05) is 35.4 Å². The van der Waals surface area contributed by atoms with E-state index in [4.69, 9.17) is 0 Å². The maximum Gasteiger partial charge on any atom is 0.321 e. The summed E-state index contributed by atoms with van der Waals surface area (Å²) in [4.78, 5) is 23.6. The minimum atomic E-state index is -0.0425. The summed E-state index contributed by atoms with van der Waals surface area (Å²) in [5.41, 5.74) is 8.82. The number of hydrogen-bond acceptors (Lipinski definition) is 5. The molecule has 7 heteroatoms. The fraction of sp³-hybridized carbons (Fsp3) is 0.353. The molecule has 2 aliphatic heterocycles. The summed E-state index contributed by atoms with van der Waals surface area (Å²) >= 11 is 0. The summed E-state index contributed by atoms with van der Waals surface area (Å²) < 4.78 is 0.